The first-order valence-electron chi connectivity index (χ1n) is 19.9. The van der Waals surface area contributed by atoms with Crippen LogP contribution in [0.2, 0.25) is 0 Å². The van der Waals surface area contributed by atoms with Crippen molar-refractivity contribution in [1.29, 1.82) is 0 Å². The summed E-state index contributed by atoms with van der Waals surface area (Å²) in [5.74, 6) is -0.972. The van der Waals surface area contributed by atoms with E-state index in [0.717, 1.165) is 53.3 Å². The summed E-state index contributed by atoms with van der Waals surface area (Å²) in [6.07, 6.45) is 3.24. The smallest absolute Gasteiger partial charge is 0.306 e. The molecule has 12 nitrogen and oxygen atoms in total. The standard InChI is InChI=1S/C44H51FN6O6/c1-24(2)30(22-39(52)56-5)43(54)50-17-7-9-37(50)41-46-33-15-12-27(20-35(33)48-41)26-11-14-29(32(45)19-26)28-13-16-34-36(21-28)49-42(47-34)38-10-8-18-51(38)44(55)31(25(3)4)23-40(53)57-6/h11-16,19-21,24-25,30-31,37-38H,7-10,17-18,22-23H2,1-6H3,(H,46,48)(H,47,49)/t30-,31-,37-,38-/m0/s1. The van der Waals surface area contributed by atoms with Gasteiger partial charge in [0.05, 0.1) is 73.0 Å². The van der Waals surface area contributed by atoms with Crippen LogP contribution in [-0.4, -0.2) is 80.8 Å². The van der Waals surface area contributed by atoms with Crippen LogP contribution >= 0.6 is 0 Å². The van der Waals surface area contributed by atoms with Crippen molar-refractivity contribution in [2.75, 3.05) is 27.3 Å². The zero-order valence-electron chi connectivity index (χ0n) is 33.4. The second kappa shape index (κ2) is 16.5. The number of hydrogen-bond acceptors (Lipinski definition) is 8. The van der Waals surface area contributed by atoms with Crippen LogP contribution in [0.5, 0.6) is 0 Å². The lowest BCUT2D eigenvalue weighted by atomic mass is 9.91. The fraction of sp³-hybridized carbons (Fsp3) is 0.455. The van der Waals surface area contributed by atoms with Gasteiger partial charge in [-0.3, -0.25) is 19.2 Å². The van der Waals surface area contributed by atoms with E-state index in [-0.39, 0.29) is 54.4 Å². The highest BCUT2D eigenvalue weighted by Gasteiger charge is 2.39. The summed E-state index contributed by atoms with van der Waals surface area (Å²) in [7, 11) is 2.67. The van der Waals surface area contributed by atoms with Crippen LogP contribution in [-0.2, 0) is 28.7 Å². The number of rotatable bonds is 12. The number of aromatic nitrogens is 4. The van der Waals surface area contributed by atoms with Crippen molar-refractivity contribution in [3.63, 3.8) is 0 Å². The van der Waals surface area contributed by atoms with Gasteiger partial charge in [-0.2, -0.15) is 0 Å². The van der Waals surface area contributed by atoms with E-state index in [2.05, 4.69) is 9.97 Å². The minimum atomic E-state index is -0.483. The van der Waals surface area contributed by atoms with E-state index in [0.29, 0.717) is 41.4 Å². The molecule has 2 saturated heterocycles. The Bertz CT molecular complexity index is 2310. The average Bonchev–Trinajstić information content (AvgIpc) is 4.03. The maximum absolute atomic E-state index is 15.9. The van der Waals surface area contributed by atoms with Crippen molar-refractivity contribution < 1.29 is 33.0 Å². The molecule has 4 atom stereocenters. The molecule has 300 valence electrons. The van der Waals surface area contributed by atoms with Crippen LogP contribution in [0.3, 0.4) is 0 Å². The van der Waals surface area contributed by atoms with E-state index in [4.69, 9.17) is 19.4 Å². The molecule has 0 radical (unpaired) electrons. The molecule has 2 aliphatic rings. The molecule has 0 bridgehead atoms. The zero-order chi connectivity index (χ0) is 40.5. The molecule has 0 aliphatic carbocycles. The maximum Gasteiger partial charge on any atom is 0.306 e. The molecule has 2 aromatic heterocycles. The van der Waals surface area contributed by atoms with E-state index < -0.39 is 23.8 Å². The number of halogens is 1. The number of esters is 2. The van der Waals surface area contributed by atoms with E-state index in [9.17, 15) is 19.2 Å². The van der Waals surface area contributed by atoms with Crippen molar-refractivity contribution in [3.05, 3.63) is 72.1 Å². The molecule has 4 heterocycles. The minimum absolute atomic E-state index is 0.0274. The Balaban J connectivity index is 1.09. The first-order valence-corrected chi connectivity index (χ1v) is 19.9. The number of aromatic amines is 2. The number of likely N-dealkylation sites (tertiary alicyclic amines) is 2. The van der Waals surface area contributed by atoms with Gasteiger partial charge in [0, 0.05) is 18.7 Å². The highest BCUT2D eigenvalue weighted by Crippen LogP contribution is 2.38. The SMILES string of the molecule is COC(=O)C[C@H](C(=O)N1CCC[C@H]1c1nc2ccc(-c3ccc(-c4ccc5nc([C@@H]6CCCN6C(=O)[C@@H](CC(=O)OC)C(C)C)[nH]c5c4)c(F)c3)cc2[nH]1)C(C)C. The van der Waals surface area contributed by atoms with E-state index in [1.54, 1.807) is 6.07 Å². The van der Waals surface area contributed by atoms with Crippen molar-refractivity contribution in [2.45, 2.75) is 78.3 Å². The van der Waals surface area contributed by atoms with Gasteiger partial charge in [-0.25, -0.2) is 14.4 Å². The number of carbonyl (C=O) groups excluding carboxylic acids is 4. The van der Waals surface area contributed by atoms with Gasteiger partial charge >= 0.3 is 11.9 Å². The molecule has 5 aromatic rings. The lowest BCUT2D eigenvalue weighted by Crippen LogP contribution is -2.39. The summed E-state index contributed by atoms with van der Waals surface area (Å²) < 4.78 is 25.7. The molecule has 2 aliphatic heterocycles. The number of nitrogens with one attached hydrogen (secondary N) is 2. The monoisotopic (exact) mass is 778 g/mol. The van der Waals surface area contributed by atoms with Crippen LogP contribution in [0.4, 0.5) is 4.39 Å². The fourth-order valence-electron chi connectivity index (χ4n) is 8.45. The minimum Gasteiger partial charge on any atom is -0.469 e. The van der Waals surface area contributed by atoms with Crippen LogP contribution < -0.4 is 0 Å². The molecule has 3 aromatic carbocycles. The number of fused-ring (bicyclic) bond motifs is 2. The van der Waals surface area contributed by atoms with Crippen LogP contribution in [0.15, 0.2) is 54.6 Å². The Morgan fingerprint density at radius 2 is 1.12 bits per heavy atom. The average molecular weight is 779 g/mol. The number of imidazole rings is 2. The summed E-state index contributed by atoms with van der Waals surface area (Å²) in [6.45, 7) is 8.94. The summed E-state index contributed by atoms with van der Waals surface area (Å²) in [5.41, 5.74) is 5.65. The molecule has 7 rings (SSSR count). The fourth-order valence-corrected chi connectivity index (χ4v) is 8.45. The number of methoxy groups -OCH3 is 2. The number of carbonyl (C=O) groups is 4. The molecule has 2 amide bonds. The molecule has 0 unspecified atom stereocenters. The molecule has 2 N–H and O–H groups in total. The number of amides is 2. The van der Waals surface area contributed by atoms with Gasteiger partial charge < -0.3 is 29.2 Å². The van der Waals surface area contributed by atoms with E-state index in [1.807, 2.05) is 80.0 Å². The topological polar surface area (TPSA) is 151 Å². The third kappa shape index (κ3) is 8.01. The van der Waals surface area contributed by atoms with Gasteiger partial charge in [0.2, 0.25) is 11.8 Å². The lowest BCUT2D eigenvalue weighted by molar-refractivity contribution is -0.148. The number of ether oxygens (including phenoxy) is 2. The maximum atomic E-state index is 15.9. The number of nitrogens with zero attached hydrogens (tertiary/aromatic N) is 4. The van der Waals surface area contributed by atoms with Gasteiger partial charge in [0.1, 0.15) is 17.5 Å². The van der Waals surface area contributed by atoms with Crippen molar-refractivity contribution in [2.24, 2.45) is 23.7 Å². The summed E-state index contributed by atoms with van der Waals surface area (Å²) in [5, 5.41) is 0. The quantitative estimate of drug-likeness (QED) is 0.121. The van der Waals surface area contributed by atoms with Crippen LogP contribution in [0.1, 0.15) is 90.0 Å². The van der Waals surface area contributed by atoms with Gasteiger partial charge in [0.25, 0.3) is 0 Å². The van der Waals surface area contributed by atoms with Gasteiger partial charge in [-0.1, -0.05) is 52.0 Å². The van der Waals surface area contributed by atoms with Crippen molar-refractivity contribution in [1.82, 2.24) is 29.7 Å². The third-order valence-electron chi connectivity index (χ3n) is 11.8. The molecular weight excluding hydrogens is 728 g/mol. The zero-order valence-corrected chi connectivity index (χ0v) is 33.4. The summed E-state index contributed by atoms with van der Waals surface area (Å²) in [6, 6.07) is 16.1. The molecular formula is C44H51FN6O6. The van der Waals surface area contributed by atoms with E-state index in [1.165, 1.54) is 20.3 Å². The molecule has 57 heavy (non-hydrogen) atoms. The Kier molecular flexibility index (Phi) is 11.5. The van der Waals surface area contributed by atoms with Crippen molar-refractivity contribution in [3.8, 4) is 22.3 Å². The number of hydrogen-bond donors (Lipinski definition) is 2. The summed E-state index contributed by atoms with van der Waals surface area (Å²) in [4.78, 5) is 71.7. The number of H-pyrrole nitrogens is 2. The Labute approximate surface area is 331 Å². The third-order valence-corrected chi connectivity index (χ3v) is 11.8. The summed E-state index contributed by atoms with van der Waals surface area (Å²) >= 11 is 0. The Morgan fingerprint density at radius 3 is 1.58 bits per heavy atom. The lowest BCUT2D eigenvalue weighted by Gasteiger charge is -2.29. The van der Waals surface area contributed by atoms with Crippen LogP contribution in [0, 0.1) is 29.5 Å². The van der Waals surface area contributed by atoms with Crippen molar-refractivity contribution >= 4 is 45.8 Å². The van der Waals surface area contributed by atoms with Gasteiger partial charge in [-0.15, -0.1) is 0 Å². The molecule has 0 saturated carbocycles. The number of benzene rings is 3. The highest BCUT2D eigenvalue weighted by atomic mass is 19.1. The van der Waals surface area contributed by atoms with Crippen LogP contribution in [0.25, 0.3) is 44.3 Å². The highest BCUT2D eigenvalue weighted by molar-refractivity contribution is 5.87. The van der Waals surface area contributed by atoms with E-state index >= 15 is 4.39 Å². The second-order valence-corrected chi connectivity index (χ2v) is 16.0. The first kappa shape index (κ1) is 39.6. The van der Waals surface area contributed by atoms with Gasteiger partial charge in [-0.05, 0) is 84.5 Å². The second-order valence-electron chi connectivity index (χ2n) is 16.0. The molecule has 0 spiro atoms. The van der Waals surface area contributed by atoms with Gasteiger partial charge in [0.15, 0.2) is 0 Å². The molecule has 2 fully saturated rings. The first-order chi connectivity index (χ1) is 27.4. The predicted octanol–water partition coefficient (Wildman–Crippen LogP) is 7.91. The largest absolute Gasteiger partial charge is 0.469 e. The normalized spacial score (nSPS) is 18.2. The molecule has 13 heteroatoms. The Hall–Kier alpha value is -5.59. The Morgan fingerprint density at radius 1 is 0.684 bits per heavy atom. The predicted molar refractivity (Wildman–Crippen MR) is 214 cm³/mol.